The number of rotatable bonds is 2. The van der Waals surface area contributed by atoms with Gasteiger partial charge in [0.15, 0.2) is 5.70 Å². The van der Waals surface area contributed by atoms with Crippen molar-refractivity contribution in [1.29, 1.82) is 0 Å². The van der Waals surface area contributed by atoms with Crippen LogP contribution in [0.3, 0.4) is 0 Å². The summed E-state index contributed by atoms with van der Waals surface area (Å²) in [5.74, 6) is -0.0462. The lowest BCUT2D eigenvalue weighted by Gasteiger charge is -2.02. The maximum Gasteiger partial charge on any atom is 0.363 e. The Hall–Kier alpha value is -2.72. The van der Waals surface area contributed by atoms with E-state index in [1.165, 1.54) is 0 Å². The van der Waals surface area contributed by atoms with Crippen molar-refractivity contribution < 1.29 is 9.53 Å². The van der Waals surface area contributed by atoms with Crippen LogP contribution in [-0.2, 0) is 9.53 Å². The van der Waals surface area contributed by atoms with Crippen molar-refractivity contribution in [2.45, 2.75) is 0 Å². The number of nitrogens with zero attached hydrogens (tertiary/aromatic N) is 1. The fourth-order valence-electron chi connectivity index (χ4n) is 2.36. The fraction of sp³-hybridized carbons (Fsp3) is 0. The van der Waals surface area contributed by atoms with E-state index in [1.807, 2.05) is 60.0 Å². The Balaban J connectivity index is 1.74. The Bertz CT molecular complexity index is 923. The predicted molar refractivity (Wildman–Crippen MR) is 88.9 cm³/mol. The predicted octanol–water partition coefficient (Wildman–Crippen LogP) is 4.25. The summed E-state index contributed by atoms with van der Waals surface area (Å²) in [5, 5.41) is 4.20. The normalized spacial score (nSPS) is 16.1. The largest absolute Gasteiger partial charge is 0.402 e. The number of hydrogen-bond donors (Lipinski definition) is 0. The van der Waals surface area contributed by atoms with E-state index in [4.69, 9.17) is 4.74 Å². The Morgan fingerprint density at radius 3 is 2.68 bits per heavy atom. The van der Waals surface area contributed by atoms with Crippen LogP contribution in [0.15, 0.2) is 70.7 Å². The van der Waals surface area contributed by atoms with Crippen LogP contribution in [0.2, 0.25) is 0 Å². The summed E-state index contributed by atoms with van der Waals surface area (Å²) < 4.78 is 5.31. The van der Waals surface area contributed by atoms with Crippen LogP contribution in [0.25, 0.3) is 16.8 Å². The number of aliphatic imine (C=N–C) groups is 1. The molecule has 1 aliphatic rings. The third-order valence-corrected chi connectivity index (χ3v) is 4.26. The number of esters is 1. The standard InChI is InChI=1S/C18H11NO2S/c20-18-16(11-15-6-3-9-22-15)19-17(21-18)14-8-7-12-4-1-2-5-13(12)10-14/h1-11H/b16-11+. The van der Waals surface area contributed by atoms with Crippen LogP contribution < -0.4 is 0 Å². The van der Waals surface area contributed by atoms with Crippen LogP contribution in [0.5, 0.6) is 0 Å². The van der Waals surface area contributed by atoms with E-state index in [-0.39, 0.29) is 0 Å². The van der Waals surface area contributed by atoms with Gasteiger partial charge in [0.05, 0.1) is 0 Å². The minimum absolute atomic E-state index is 0.339. The molecule has 0 atom stereocenters. The van der Waals surface area contributed by atoms with E-state index in [9.17, 15) is 4.79 Å². The highest BCUT2D eigenvalue weighted by atomic mass is 32.1. The molecular formula is C18H11NO2S. The van der Waals surface area contributed by atoms with E-state index in [0.717, 1.165) is 21.2 Å². The van der Waals surface area contributed by atoms with Crippen molar-refractivity contribution in [3.05, 3.63) is 76.1 Å². The van der Waals surface area contributed by atoms with E-state index in [1.54, 1.807) is 17.4 Å². The monoisotopic (exact) mass is 305 g/mol. The minimum atomic E-state index is -0.406. The second kappa shape index (κ2) is 5.24. The van der Waals surface area contributed by atoms with Crippen molar-refractivity contribution in [2.24, 2.45) is 4.99 Å². The smallest absolute Gasteiger partial charge is 0.363 e. The molecule has 0 spiro atoms. The highest BCUT2D eigenvalue weighted by Crippen LogP contribution is 2.23. The first kappa shape index (κ1) is 13.0. The summed E-state index contributed by atoms with van der Waals surface area (Å²) >= 11 is 1.56. The molecule has 3 nitrogen and oxygen atoms in total. The minimum Gasteiger partial charge on any atom is -0.402 e. The summed E-state index contributed by atoms with van der Waals surface area (Å²) in [5.41, 5.74) is 1.15. The first-order valence-electron chi connectivity index (χ1n) is 6.85. The van der Waals surface area contributed by atoms with Gasteiger partial charge in [-0.3, -0.25) is 0 Å². The molecule has 106 valence electrons. The molecule has 4 rings (SSSR count). The Kier molecular flexibility index (Phi) is 3.09. The highest BCUT2D eigenvalue weighted by Gasteiger charge is 2.24. The van der Waals surface area contributed by atoms with Gasteiger partial charge in [0.25, 0.3) is 0 Å². The average Bonchev–Trinajstić information content (AvgIpc) is 3.18. The molecule has 0 N–H and O–H groups in total. The fourth-order valence-corrected chi connectivity index (χ4v) is 3.01. The summed E-state index contributed by atoms with van der Waals surface area (Å²) in [4.78, 5) is 17.3. The molecule has 0 saturated heterocycles. The molecule has 1 aliphatic heterocycles. The molecule has 0 fully saturated rings. The maximum atomic E-state index is 11.9. The van der Waals surface area contributed by atoms with Gasteiger partial charge in [-0.15, -0.1) is 11.3 Å². The van der Waals surface area contributed by atoms with E-state index in [2.05, 4.69) is 4.99 Å². The number of hydrogen-bond acceptors (Lipinski definition) is 4. The zero-order valence-electron chi connectivity index (χ0n) is 11.5. The Labute approximate surface area is 131 Å². The lowest BCUT2D eigenvalue weighted by molar-refractivity contribution is -0.129. The third-order valence-electron chi connectivity index (χ3n) is 3.44. The second-order valence-electron chi connectivity index (χ2n) is 4.91. The quantitative estimate of drug-likeness (QED) is 0.524. The van der Waals surface area contributed by atoms with Crippen molar-refractivity contribution >= 4 is 40.1 Å². The van der Waals surface area contributed by atoms with Gasteiger partial charge < -0.3 is 4.74 Å². The molecule has 22 heavy (non-hydrogen) atoms. The zero-order chi connectivity index (χ0) is 14.9. The molecule has 2 heterocycles. The molecule has 3 aromatic rings. The van der Waals surface area contributed by atoms with Gasteiger partial charge in [-0.1, -0.05) is 36.4 Å². The first-order valence-corrected chi connectivity index (χ1v) is 7.73. The van der Waals surface area contributed by atoms with Crippen LogP contribution >= 0.6 is 11.3 Å². The molecule has 0 bridgehead atoms. The summed E-state index contributed by atoms with van der Waals surface area (Å²) in [6.45, 7) is 0. The Morgan fingerprint density at radius 2 is 1.86 bits per heavy atom. The lowest BCUT2D eigenvalue weighted by atomic mass is 10.1. The molecule has 0 amide bonds. The topological polar surface area (TPSA) is 38.7 Å². The number of benzene rings is 2. The molecule has 1 aromatic heterocycles. The van der Waals surface area contributed by atoms with Gasteiger partial charge in [-0.05, 0) is 40.4 Å². The second-order valence-corrected chi connectivity index (χ2v) is 5.89. The van der Waals surface area contributed by atoms with Gasteiger partial charge in [0.1, 0.15) is 0 Å². The maximum absolute atomic E-state index is 11.9. The summed E-state index contributed by atoms with van der Waals surface area (Å²) in [6, 6.07) is 17.8. The molecule has 0 radical (unpaired) electrons. The highest BCUT2D eigenvalue weighted by molar-refractivity contribution is 7.10. The van der Waals surface area contributed by atoms with E-state index < -0.39 is 5.97 Å². The summed E-state index contributed by atoms with van der Waals surface area (Å²) in [7, 11) is 0. The van der Waals surface area contributed by atoms with Crippen LogP contribution in [0, 0.1) is 0 Å². The van der Waals surface area contributed by atoms with Crippen molar-refractivity contribution in [1.82, 2.24) is 0 Å². The van der Waals surface area contributed by atoms with Crippen LogP contribution in [0.4, 0.5) is 0 Å². The average molecular weight is 305 g/mol. The molecule has 0 unspecified atom stereocenters. The summed E-state index contributed by atoms with van der Waals surface area (Å²) in [6.07, 6.45) is 1.75. The van der Waals surface area contributed by atoms with Gasteiger partial charge in [-0.2, -0.15) is 0 Å². The Morgan fingerprint density at radius 1 is 1.00 bits per heavy atom. The lowest BCUT2D eigenvalue weighted by Crippen LogP contribution is -2.05. The number of carbonyl (C=O) groups excluding carboxylic acids is 1. The number of cyclic esters (lactones) is 1. The number of fused-ring (bicyclic) bond motifs is 1. The number of thiophene rings is 1. The van der Waals surface area contributed by atoms with Crippen LogP contribution in [0.1, 0.15) is 10.4 Å². The third kappa shape index (κ3) is 2.34. The number of ether oxygens (including phenoxy) is 1. The van der Waals surface area contributed by atoms with Gasteiger partial charge in [0.2, 0.25) is 5.90 Å². The first-order chi connectivity index (χ1) is 10.8. The van der Waals surface area contributed by atoms with E-state index >= 15 is 0 Å². The van der Waals surface area contributed by atoms with Crippen LogP contribution in [-0.4, -0.2) is 11.9 Å². The molecule has 0 aliphatic carbocycles. The van der Waals surface area contributed by atoms with Gasteiger partial charge in [-0.25, -0.2) is 9.79 Å². The van der Waals surface area contributed by atoms with E-state index in [0.29, 0.717) is 11.6 Å². The number of carbonyl (C=O) groups is 1. The molecule has 4 heteroatoms. The van der Waals surface area contributed by atoms with Crippen molar-refractivity contribution in [3.63, 3.8) is 0 Å². The molecular weight excluding hydrogens is 294 g/mol. The van der Waals surface area contributed by atoms with Crippen molar-refractivity contribution in [3.8, 4) is 0 Å². The van der Waals surface area contributed by atoms with Gasteiger partial charge >= 0.3 is 5.97 Å². The SMILES string of the molecule is O=C1OC(c2ccc3ccccc3c2)=N/C1=C/c1cccs1. The molecule has 0 saturated carbocycles. The van der Waals surface area contributed by atoms with Gasteiger partial charge in [0, 0.05) is 10.4 Å². The molecule has 2 aromatic carbocycles. The van der Waals surface area contributed by atoms with Crippen molar-refractivity contribution in [2.75, 3.05) is 0 Å². The zero-order valence-corrected chi connectivity index (χ0v) is 12.3.